The standard InChI is InChI=1S/C73H128O6/c1-4-7-10-13-16-18-20-22-24-26-28-30-32-34-35-36-37-38-39-40-42-43-45-47-49-51-53-55-57-60-63-66-72(75)78-69-70(68-77-71(74)65-62-59-15-12-9-6-3)79-73(76)67-64-61-58-56-54-52-50-48-46-44-41-33-31-29-27-25-23-21-19-17-14-11-8-5-2/h7,10,16,18,22,24,28,30,34-35,37-38,40,42,70H,4-6,8-9,11-15,17,19-21,23,25-27,29,31-33,36,39,41,43-69H2,1-3H3/b10-7-,18-16-,24-22-,30-28-,35-34-,38-37-,42-40-. The second kappa shape index (κ2) is 67.1. The maximum absolute atomic E-state index is 12.9. The third-order valence-electron chi connectivity index (χ3n) is 14.9. The van der Waals surface area contributed by atoms with Gasteiger partial charge in [0, 0.05) is 19.3 Å². The zero-order valence-electron chi connectivity index (χ0n) is 52.4. The Morgan fingerprint density at radius 2 is 0.494 bits per heavy atom. The molecule has 79 heavy (non-hydrogen) atoms. The molecule has 0 amide bonds. The SMILES string of the molecule is CC/C=C\C/C=C\C/C=C\C/C=C\C/C=C\C/C=C\C/C=C\CCCCCCCCCCCC(=O)OCC(COC(=O)CCCCCCCC)OC(=O)CCCCCCCCCCCCCCCCCCCCCCCCCC. The van der Waals surface area contributed by atoms with Gasteiger partial charge >= 0.3 is 17.9 Å². The highest BCUT2D eigenvalue weighted by Gasteiger charge is 2.19. The van der Waals surface area contributed by atoms with Gasteiger partial charge in [-0.3, -0.25) is 14.4 Å². The number of carbonyl (C=O) groups is 3. The van der Waals surface area contributed by atoms with E-state index in [2.05, 4.69) is 106 Å². The van der Waals surface area contributed by atoms with E-state index in [1.165, 1.54) is 193 Å². The number of unbranched alkanes of at least 4 members (excludes halogenated alkanes) is 37. The number of rotatable bonds is 62. The minimum absolute atomic E-state index is 0.0745. The van der Waals surface area contributed by atoms with Crippen LogP contribution in [0.15, 0.2) is 85.1 Å². The lowest BCUT2D eigenvalue weighted by Crippen LogP contribution is -2.30. The summed E-state index contributed by atoms with van der Waals surface area (Å²) in [7, 11) is 0. The lowest BCUT2D eigenvalue weighted by Gasteiger charge is -2.18. The van der Waals surface area contributed by atoms with Crippen molar-refractivity contribution in [2.75, 3.05) is 13.2 Å². The third kappa shape index (κ3) is 65.3. The first-order chi connectivity index (χ1) is 39.0. The lowest BCUT2D eigenvalue weighted by molar-refractivity contribution is -0.167. The number of carbonyl (C=O) groups excluding carboxylic acids is 3. The molecule has 0 fully saturated rings. The van der Waals surface area contributed by atoms with Crippen molar-refractivity contribution in [3.05, 3.63) is 85.1 Å². The summed E-state index contributed by atoms with van der Waals surface area (Å²) in [6, 6.07) is 0. The summed E-state index contributed by atoms with van der Waals surface area (Å²) in [5.41, 5.74) is 0. The van der Waals surface area contributed by atoms with Crippen LogP contribution in [0.3, 0.4) is 0 Å². The van der Waals surface area contributed by atoms with Crippen molar-refractivity contribution in [3.8, 4) is 0 Å². The molecule has 0 bridgehead atoms. The van der Waals surface area contributed by atoms with E-state index < -0.39 is 6.10 Å². The molecular formula is C73H128O6. The van der Waals surface area contributed by atoms with Crippen LogP contribution in [0.1, 0.15) is 342 Å². The molecule has 6 nitrogen and oxygen atoms in total. The highest BCUT2D eigenvalue weighted by atomic mass is 16.6. The van der Waals surface area contributed by atoms with Gasteiger partial charge in [0.25, 0.3) is 0 Å². The van der Waals surface area contributed by atoms with E-state index in [0.717, 1.165) is 109 Å². The van der Waals surface area contributed by atoms with Crippen molar-refractivity contribution >= 4 is 17.9 Å². The van der Waals surface area contributed by atoms with Crippen LogP contribution in [-0.4, -0.2) is 37.2 Å². The average Bonchev–Trinajstić information content (AvgIpc) is 3.45. The molecule has 0 aromatic heterocycles. The van der Waals surface area contributed by atoms with Crippen molar-refractivity contribution in [3.63, 3.8) is 0 Å². The fraction of sp³-hybridized carbons (Fsp3) is 0.767. The van der Waals surface area contributed by atoms with Gasteiger partial charge in [0.1, 0.15) is 13.2 Å². The number of esters is 3. The minimum atomic E-state index is -0.774. The summed E-state index contributed by atoms with van der Waals surface area (Å²) in [5.74, 6) is -0.874. The molecule has 6 heteroatoms. The molecular weight excluding hydrogens is 973 g/mol. The van der Waals surface area contributed by atoms with Crippen molar-refractivity contribution in [1.82, 2.24) is 0 Å². The van der Waals surface area contributed by atoms with E-state index in [1.54, 1.807) is 0 Å². The van der Waals surface area contributed by atoms with E-state index in [0.29, 0.717) is 19.3 Å². The van der Waals surface area contributed by atoms with E-state index in [9.17, 15) is 14.4 Å². The first-order valence-corrected chi connectivity index (χ1v) is 34.1. The Morgan fingerprint density at radius 3 is 0.772 bits per heavy atom. The van der Waals surface area contributed by atoms with E-state index in [-0.39, 0.29) is 31.1 Å². The number of hydrogen-bond donors (Lipinski definition) is 0. The number of hydrogen-bond acceptors (Lipinski definition) is 6. The summed E-state index contributed by atoms with van der Waals surface area (Å²) in [6.45, 7) is 6.51. The summed E-state index contributed by atoms with van der Waals surface area (Å²) in [4.78, 5) is 38.1. The van der Waals surface area contributed by atoms with Gasteiger partial charge in [0.2, 0.25) is 0 Å². The molecule has 0 N–H and O–H groups in total. The molecule has 0 spiro atoms. The van der Waals surface area contributed by atoms with Crippen LogP contribution in [0.25, 0.3) is 0 Å². The van der Waals surface area contributed by atoms with Gasteiger partial charge in [-0.15, -0.1) is 0 Å². The fourth-order valence-electron chi connectivity index (χ4n) is 9.84. The molecule has 0 aliphatic rings. The zero-order chi connectivity index (χ0) is 57.1. The van der Waals surface area contributed by atoms with Crippen LogP contribution in [0.5, 0.6) is 0 Å². The second-order valence-corrected chi connectivity index (χ2v) is 22.7. The molecule has 1 atom stereocenters. The lowest BCUT2D eigenvalue weighted by atomic mass is 10.0. The van der Waals surface area contributed by atoms with E-state index in [4.69, 9.17) is 14.2 Å². The summed E-state index contributed by atoms with van der Waals surface area (Å²) >= 11 is 0. The van der Waals surface area contributed by atoms with Gasteiger partial charge in [0.15, 0.2) is 6.10 Å². The Kier molecular flexibility index (Phi) is 64.2. The van der Waals surface area contributed by atoms with Crippen LogP contribution in [0.2, 0.25) is 0 Å². The normalized spacial score (nSPS) is 12.6. The molecule has 0 radical (unpaired) electrons. The number of allylic oxidation sites excluding steroid dienone is 14. The first kappa shape index (κ1) is 75.6. The largest absolute Gasteiger partial charge is 0.462 e. The minimum Gasteiger partial charge on any atom is -0.462 e. The van der Waals surface area contributed by atoms with Crippen molar-refractivity contribution in [2.24, 2.45) is 0 Å². The van der Waals surface area contributed by atoms with Crippen LogP contribution in [0.4, 0.5) is 0 Å². The Hall–Kier alpha value is -3.41. The van der Waals surface area contributed by atoms with Gasteiger partial charge in [-0.2, -0.15) is 0 Å². The molecule has 0 aromatic carbocycles. The summed E-state index contributed by atoms with van der Waals surface area (Å²) in [5, 5.41) is 0. The highest BCUT2D eigenvalue weighted by molar-refractivity contribution is 5.71. The predicted octanol–water partition coefficient (Wildman–Crippen LogP) is 23.4. The van der Waals surface area contributed by atoms with Gasteiger partial charge in [-0.25, -0.2) is 0 Å². The molecule has 0 rings (SSSR count). The topological polar surface area (TPSA) is 78.9 Å². The van der Waals surface area contributed by atoms with Gasteiger partial charge in [0.05, 0.1) is 0 Å². The molecule has 0 aromatic rings. The van der Waals surface area contributed by atoms with Crippen molar-refractivity contribution in [2.45, 2.75) is 348 Å². The molecule has 1 unspecified atom stereocenters. The maximum Gasteiger partial charge on any atom is 0.306 e. The van der Waals surface area contributed by atoms with Crippen LogP contribution < -0.4 is 0 Å². The smallest absolute Gasteiger partial charge is 0.306 e. The number of ether oxygens (including phenoxy) is 3. The van der Waals surface area contributed by atoms with Crippen LogP contribution in [-0.2, 0) is 28.6 Å². The van der Waals surface area contributed by atoms with Gasteiger partial charge in [-0.1, -0.05) is 331 Å². The van der Waals surface area contributed by atoms with Crippen LogP contribution >= 0.6 is 0 Å². The van der Waals surface area contributed by atoms with E-state index in [1.807, 2.05) is 0 Å². The van der Waals surface area contributed by atoms with Gasteiger partial charge in [-0.05, 0) is 77.0 Å². The Balaban J connectivity index is 4.06. The van der Waals surface area contributed by atoms with E-state index >= 15 is 0 Å². The molecule has 456 valence electrons. The van der Waals surface area contributed by atoms with Crippen molar-refractivity contribution in [1.29, 1.82) is 0 Å². The molecule has 0 saturated carbocycles. The molecule has 0 saturated heterocycles. The fourth-order valence-corrected chi connectivity index (χ4v) is 9.84. The van der Waals surface area contributed by atoms with Gasteiger partial charge < -0.3 is 14.2 Å². The zero-order valence-corrected chi connectivity index (χ0v) is 52.4. The first-order valence-electron chi connectivity index (χ1n) is 34.1. The third-order valence-corrected chi connectivity index (χ3v) is 14.9. The molecule has 0 aliphatic carbocycles. The van der Waals surface area contributed by atoms with Crippen LogP contribution in [0, 0.1) is 0 Å². The highest BCUT2D eigenvalue weighted by Crippen LogP contribution is 2.18. The summed E-state index contributed by atoms with van der Waals surface area (Å²) in [6.07, 6.45) is 89.3. The Morgan fingerprint density at radius 1 is 0.266 bits per heavy atom. The average molecular weight is 1100 g/mol. The predicted molar refractivity (Wildman–Crippen MR) is 344 cm³/mol. The quantitative estimate of drug-likeness (QED) is 0.0261. The second-order valence-electron chi connectivity index (χ2n) is 22.7. The maximum atomic E-state index is 12.9. The Labute approximate surface area is 490 Å². The summed E-state index contributed by atoms with van der Waals surface area (Å²) < 4.78 is 16.8. The van der Waals surface area contributed by atoms with Crippen molar-refractivity contribution < 1.29 is 28.6 Å². The molecule has 0 heterocycles. The molecule has 0 aliphatic heterocycles. The Bertz CT molecular complexity index is 1500. The monoisotopic (exact) mass is 1100 g/mol.